The minimum atomic E-state index is 0.826. The van der Waals surface area contributed by atoms with Gasteiger partial charge in [-0.2, -0.15) is 0 Å². The highest BCUT2D eigenvalue weighted by Gasteiger charge is 2.10. The average Bonchev–Trinajstić information content (AvgIpc) is 2.86. The zero-order chi connectivity index (χ0) is 13.7. The van der Waals surface area contributed by atoms with Gasteiger partial charge in [0.1, 0.15) is 5.75 Å². The molecule has 0 aliphatic heterocycles. The van der Waals surface area contributed by atoms with E-state index in [0.717, 1.165) is 31.6 Å². The van der Waals surface area contributed by atoms with Gasteiger partial charge < -0.3 is 4.74 Å². The standard InChI is InChI=1S/C18H24O/c1-4-6-11-19-18-10-9-17(13-15(18)5-2)16-8-7-14(3)12-16/h7-10,13H,4-6,11-12H2,1-3H3. The van der Waals surface area contributed by atoms with Crippen LogP contribution in [0.3, 0.4) is 0 Å². The van der Waals surface area contributed by atoms with Crippen molar-refractivity contribution in [3.8, 4) is 5.75 Å². The highest BCUT2D eigenvalue weighted by molar-refractivity contribution is 5.73. The van der Waals surface area contributed by atoms with Crippen LogP contribution in [-0.4, -0.2) is 6.61 Å². The number of allylic oxidation sites excluding steroid dienone is 4. The highest BCUT2D eigenvalue weighted by atomic mass is 16.5. The predicted molar refractivity (Wildman–Crippen MR) is 82.6 cm³/mol. The molecule has 1 nitrogen and oxygen atoms in total. The molecule has 1 aliphatic carbocycles. The minimum Gasteiger partial charge on any atom is -0.493 e. The second-order valence-electron chi connectivity index (χ2n) is 5.26. The van der Waals surface area contributed by atoms with Crippen molar-refractivity contribution in [3.05, 3.63) is 47.1 Å². The topological polar surface area (TPSA) is 9.23 Å². The molecular formula is C18H24O. The van der Waals surface area contributed by atoms with Crippen molar-refractivity contribution in [2.75, 3.05) is 6.61 Å². The lowest BCUT2D eigenvalue weighted by Crippen LogP contribution is -2.00. The molecule has 1 aromatic carbocycles. The average molecular weight is 256 g/mol. The molecule has 0 amide bonds. The molecule has 0 fully saturated rings. The molecular weight excluding hydrogens is 232 g/mol. The fourth-order valence-electron chi connectivity index (χ4n) is 2.38. The maximum Gasteiger partial charge on any atom is 0.122 e. The summed E-state index contributed by atoms with van der Waals surface area (Å²) in [5.74, 6) is 1.06. The van der Waals surface area contributed by atoms with Gasteiger partial charge in [-0.05, 0) is 55.0 Å². The Hall–Kier alpha value is -1.50. The fraction of sp³-hybridized carbons (Fsp3) is 0.444. The number of rotatable bonds is 6. The Balaban J connectivity index is 2.12. The molecule has 1 heteroatoms. The molecule has 102 valence electrons. The van der Waals surface area contributed by atoms with E-state index in [1.165, 1.54) is 28.7 Å². The van der Waals surface area contributed by atoms with Crippen LogP contribution in [-0.2, 0) is 6.42 Å². The lowest BCUT2D eigenvalue weighted by molar-refractivity contribution is 0.306. The van der Waals surface area contributed by atoms with Crippen LogP contribution in [0.2, 0.25) is 0 Å². The molecule has 0 N–H and O–H groups in total. The molecule has 0 bridgehead atoms. The van der Waals surface area contributed by atoms with Crippen molar-refractivity contribution in [1.82, 2.24) is 0 Å². The number of hydrogen-bond donors (Lipinski definition) is 0. The van der Waals surface area contributed by atoms with Crippen LogP contribution in [0.25, 0.3) is 5.57 Å². The molecule has 0 heterocycles. The number of aryl methyl sites for hydroxylation is 1. The molecule has 0 saturated heterocycles. The van der Waals surface area contributed by atoms with Crippen molar-refractivity contribution in [3.63, 3.8) is 0 Å². The van der Waals surface area contributed by atoms with Crippen molar-refractivity contribution < 1.29 is 4.74 Å². The third-order valence-corrected chi connectivity index (χ3v) is 3.61. The van der Waals surface area contributed by atoms with E-state index in [0.29, 0.717) is 0 Å². The number of unbranched alkanes of at least 4 members (excludes halogenated alkanes) is 1. The lowest BCUT2D eigenvalue weighted by Gasteiger charge is -2.12. The largest absolute Gasteiger partial charge is 0.493 e. The van der Waals surface area contributed by atoms with Crippen LogP contribution in [0, 0.1) is 0 Å². The maximum absolute atomic E-state index is 5.87. The summed E-state index contributed by atoms with van der Waals surface area (Å²) >= 11 is 0. The number of ether oxygens (including phenoxy) is 1. The van der Waals surface area contributed by atoms with E-state index < -0.39 is 0 Å². The summed E-state index contributed by atoms with van der Waals surface area (Å²) in [6.07, 6.45) is 8.86. The molecule has 1 aliphatic rings. The number of benzene rings is 1. The molecule has 0 spiro atoms. The molecule has 0 radical (unpaired) electrons. The van der Waals surface area contributed by atoms with E-state index in [-0.39, 0.29) is 0 Å². The molecule has 0 saturated carbocycles. The molecule has 1 aromatic rings. The summed E-state index contributed by atoms with van der Waals surface area (Å²) < 4.78 is 5.87. The van der Waals surface area contributed by atoms with E-state index in [9.17, 15) is 0 Å². The highest BCUT2D eigenvalue weighted by Crippen LogP contribution is 2.31. The monoisotopic (exact) mass is 256 g/mol. The van der Waals surface area contributed by atoms with Crippen molar-refractivity contribution in [2.45, 2.75) is 46.5 Å². The molecule has 0 aromatic heterocycles. The van der Waals surface area contributed by atoms with E-state index in [1.54, 1.807) is 0 Å². The summed E-state index contributed by atoms with van der Waals surface area (Å²) in [7, 11) is 0. The first kappa shape index (κ1) is 13.9. The first-order chi connectivity index (χ1) is 9.24. The zero-order valence-electron chi connectivity index (χ0n) is 12.3. The van der Waals surface area contributed by atoms with Crippen LogP contribution < -0.4 is 4.74 Å². The third kappa shape index (κ3) is 3.50. The van der Waals surface area contributed by atoms with Crippen molar-refractivity contribution in [2.24, 2.45) is 0 Å². The second-order valence-corrected chi connectivity index (χ2v) is 5.26. The number of hydrogen-bond acceptors (Lipinski definition) is 1. The Kier molecular flexibility index (Phi) is 4.84. The van der Waals surface area contributed by atoms with Gasteiger partial charge in [0, 0.05) is 0 Å². The Morgan fingerprint density at radius 1 is 1.16 bits per heavy atom. The van der Waals surface area contributed by atoms with E-state index in [4.69, 9.17) is 4.74 Å². The van der Waals surface area contributed by atoms with Crippen molar-refractivity contribution >= 4 is 5.57 Å². The van der Waals surface area contributed by atoms with Gasteiger partial charge in [0.15, 0.2) is 0 Å². The second kappa shape index (κ2) is 6.60. The minimum absolute atomic E-state index is 0.826. The van der Waals surface area contributed by atoms with Gasteiger partial charge in [0.05, 0.1) is 6.61 Å². The first-order valence-corrected chi connectivity index (χ1v) is 7.37. The Morgan fingerprint density at radius 2 is 2.00 bits per heavy atom. The summed E-state index contributed by atoms with van der Waals surface area (Å²) in [5.41, 5.74) is 5.52. The molecule has 2 rings (SSSR count). The van der Waals surface area contributed by atoms with Gasteiger partial charge in [-0.1, -0.05) is 44.1 Å². The van der Waals surface area contributed by atoms with Gasteiger partial charge in [-0.3, -0.25) is 0 Å². The fourth-order valence-corrected chi connectivity index (χ4v) is 2.38. The molecule has 0 atom stereocenters. The van der Waals surface area contributed by atoms with Crippen LogP contribution >= 0.6 is 0 Å². The van der Waals surface area contributed by atoms with Gasteiger partial charge in [-0.15, -0.1) is 0 Å². The predicted octanol–water partition coefficient (Wildman–Crippen LogP) is 5.16. The summed E-state index contributed by atoms with van der Waals surface area (Å²) in [6.45, 7) is 7.39. The Bertz CT molecular complexity index is 494. The first-order valence-electron chi connectivity index (χ1n) is 7.37. The normalized spacial score (nSPS) is 14.3. The van der Waals surface area contributed by atoms with Crippen LogP contribution in [0.5, 0.6) is 5.75 Å². The van der Waals surface area contributed by atoms with Crippen LogP contribution in [0.1, 0.15) is 51.2 Å². The van der Waals surface area contributed by atoms with E-state index in [1.807, 2.05) is 0 Å². The lowest BCUT2D eigenvalue weighted by atomic mass is 9.99. The quantitative estimate of drug-likeness (QED) is 0.639. The summed E-state index contributed by atoms with van der Waals surface area (Å²) in [6, 6.07) is 6.62. The van der Waals surface area contributed by atoms with Crippen LogP contribution in [0.4, 0.5) is 0 Å². The Morgan fingerprint density at radius 3 is 2.63 bits per heavy atom. The van der Waals surface area contributed by atoms with E-state index >= 15 is 0 Å². The maximum atomic E-state index is 5.87. The molecule has 0 unspecified atom stereocenters. The SMILES string of the molecule is CCCCOc1ccc(C2=CC=C(C)C2)cc1CC. The van der Waals surface area contributed by atoms with Gasteiger partial charge >= 0.3 is 0 Å². The zero-order valence-corrected chi connectivity index (χ0v) is 12.3. The smallest absolute Gasteiger partial charge is 0.122 e. The summed E-state index contributed by atoms with van der Waals surface area (Å²) in [4.78, 5) is 0. The van der Waals surface area contributed by atoms with Gasteiger partial charge in [0.2, 0.25) is 0 Å². The summed E-state index contributed by atoms with van der Waals surface area (Å²) in [5, 5.41) is 0. The third-order valence-electron chi connectivity index (χ3n) is 3.61. The van der Waals surface area contributed by atoms with Gasteiger partial charge in [-0.25, -0.2) is 0 Å². The Labute approximate surface area is 117 Å². The van der Waals surface area contributed by atoms with E-state index in [2.05, 4.69) is 51.1 Å². The van der Waals surface area contributed by atoms with Gasteiger partial charge in [0.25, 0.3) is 0 Å². The molecule has 19 heavy (non-hydrogen) atoms. The van der Waals surface area contributed by atoms with Crippen LogP contribution in [0.15, 0.2) is 35.9 Å². The van der Waals surface area contributed by atoms with Crippen molar-refractivity contribution in [1.29, 1.82) is 0 Å².